The molecule has 0 fully saturated rings. The molecule has 1 amide bonds. The maximum Gasteiger partial charge on any atom is 0.231 e. The number of carbonyl (C=O) groups is 1. The Balaban J connectivity index is 2.72. The van der Waals surface area contributed by atoms with Crippen LogP contribution in [0.5, 0.6) is 0 Å². The van der Waals surface area contributed by atoms with Crippen molar-refractivity contribution in [3.8, 4) is 0 Å². The number of halogens is 1. The van der Waals surface area contributed by atoms with Gasteiger partial charge in [-0.25, -0.2) is 0 Å². The van der Waals surface area contributed by atoms with Gasteiger partial charge in [-0.3, -0.25) is 15.1 Å². The van der Waals surface area contributed by atoms with Crippen molar-refractivity contribution in [3.05, 3.63) is 34.3 Å². The number of amides is 1. The minimum Gasteiger partial charge on any atom is -0.370 e. The van der Waals surface area contributed by atoms with E-state index in [4.69, 9.17) is 17.3 Å². The lowest BCUT2D eigenvalue weighted by Crippen LogP contribution is -2.37. The number of benzene rings is 1. The summed E-state index contributed by atoms with van der Waals surface area (Å²) in [6, 6.07) is 5.53. The monoisotopic (exact) mass is 253 g/mol. The number of rotatable bonds is 3. The summed E-state index contributed by atoms with van der Waals surface area (Å²) in [5, 5.41) is 3.10. The fourth-order valence-electron chi connectivity index (χ4n) is 1.45. The molecule has 0 unspecified atom stereocenters. The highest BCUT2D eigenvalue weighted by Gasteiger charge is 2.10. The Morgan fingerprint density at radius 3 is 2.82 bits per heavy atom. The van der Waals surface area contributed by atoms with Crippen molar-refractivity contribution in [1.82, 2.24) is 5.32 Å². The second kappa shape index (κ2) is 6.25. The van der Waals surface area contributed by atoms with Crippen LogP contribution < -0.4 is 11.1 Å². The number of nitrogens with two attached hydrogens (primary N) is 1. The van der Waals surface area contributed by atoms with Gasteiger partial charge in [-0.2, -0.15) is 0 Å². The molecule has 0 aromatic heterocycles. The van der Waals surface area contributed by atoms with Crippen molar-refractivity contribution in [2.45, 2.75) is 20.3 Å². The van der Waals surface area contributed by atoms with E-state index < -0.39 is 0 Å². The molecular weight excluding hydrogens is 238 g/mol. The second-order valence-electron chi connectivity index (χ2n) is 3.62. The largest absolute Gasteiger partial charge is 0.370 e. The number of nitrogens with one attached hydrogen (secondary N) is 1. The standard InChI is InChI=1S/C12H16ClN3O/c1-3-15-12(14)16-11(17)7-9-8(2)5-4-6-10(9)13/h4-6H,3,7H2,1-2H3,(H3,14,15,16,17). The van der Waals surface area contributed by atoms with Gasteiger partial charge in [-0.1, -0.05) is 23.7 Å². The lowest BCUT2D eigenvalue weighted by atomic mass is 10.1. The Kier molecular flexibility index (Phi) is 4.97. The van der Waals surface area contributed by atoms with Gasteiger partial charge in [0.25, 0.3) is 0 Å². The first-order chi connectivity index (χ1) is 8.04. The third-order valence-corrected chi connectivity index (χ3v) is 2.64. The normalized spacial score (nSPS) is 11.4. The van der Waals surface area contributed by atoms with Crippen LogP contribution in [0.25, 0.3) is 0 Å². The van der Waals surface area contributed by atoms with Crippen LogP contribution >= 0.6 is 11.6 Å². The average molecular weight is 254 g/mol. The Morgan fingerprint density at radius 1 is 1.53 bits per heavy atom. The highest BCUT2D eigenvalue weighted by molar-refractivity contribution is 6.31. The van der Waals surface area contributed by atoms with E-state index in [2.05, 4.69) is 10.3 Å². The minimum absolute atomic E-state index is 0.141. The Morgan fingerprint density at radius 2 is 2.24 bits per heavy atom. The molecule has 0 spiro atoms. The molecule has 1 aromatic carbocycles. The number of carbonyl (C=O) groups excluding carboxylic acids is 1. The summed E-state index contributed by atoms with van der Waals surface area (Å²) in [5.41, 5.74) is 7.30. The van der Waals surface area contributed by atoms with Gasteiger partial charge in [0.05, 0.1) is 6.42 Å². The van der Waals surface area contributed by atoms with Gasteiger partial charge >= 0.3 is 0 Å². The van der Waals surface area contributed by atoms with Gasteiger partial charge in [-0.05, 0) is 31.0 Å². The van der Waals surface area contributed by atoms with Crippen LogP contribution in [0.1, 0.15) is 18.1 Å². The molecule has 0 atom stereocenters. The molecule has 4 nitrogen and oxygen atoms in total. The Hall–Kier alpha value is -1.55. The van der Waals surface area contributed by atoms with Crippen molar-refractivity contribution >= 4 is 23.5 Å². The third-order valence-electron chi connectivity index (χ3n) is 2.29. The molecular formula is C12H16ClN3O. The second-order valence-corrected chi connectivity index (χ2v) is 4.03. The molecule has 0 aliphatic carbocycles. The van der Waals surface area contributed by atoms with Crippen LogP contribution in [-0.4, -0.2) is 18.4 Å². The summed E-state index contributed by atoms with van der Waals surface area (Å²) in [6.07, 6.45) is 0.200. The number of aryl methyl sites for hydroxylation is 1. The number of hydrogen-bond donors (Lipinski definition) is 2. The first-order valence-electron chi connectivity index (χ1n) is 5.38. The fourth-order valence-corrected chi connectivity index (χ4v) is 1.74. The van der Waals surface area contributed by atoms with Crippen LogP contribution in [-0.2, 0) is 11.2 Å². The van der Waals surface area contributed by atoms with Crippen LogP contribution in [0, 0.1) is 6.92 Å². The quantitative estimate of drug-likeness (QED) is 0.635. The van der Waals surface area contributed by atoms with E-state index in [1.807, 2.05) is 26.0 Å². The number of nitrogens with zero attached hydrogens (tertiary/aromatic N) is 1. The maximum absolute atomic E-state index is 11.7. The number of guanidine groups is 1. The average Bonchev–Trinajstić information content (AvgIpc) is 2.24. The molecule has 1 aromatic rings. The van der Waals surface area contributed by atoms with Crippen molar-refractivity contribution in [2.24, 2.45) is 10.7 Å². The van der Waals surface area contributed by atoms with E-state index in [1.165, 1.54) is 0 Å². The zero-order valence-corrected chi connectivity index (χ0v) is 10.7. The lowest BCUT2D eigenvalue weighted by Gasteiger charge is -2.08. The summed E-state index contributed by atoms with van der Waals surface area (Å²) < 4.78 is 0. The maximum atomic E-state index is 11.7. The van der Waals surface area contributed by atoms with E-state index in [9.17, 15) is 4.79 Å². The van der Waals surface area contributed by atoms with Gasteiger partial charge in [0.15, 0.2) is 5.96 Å². The van der Waals surface area contributed by atoms with E-state index in [1.54, 1.807) is 6.07 Å². The van der Waals surface area contributed by atoms with E-state index in [-0.39, 0.29) is 18.3 Å². The van der Waals surface area contributed by atoms with Crippen LogP contribution in [0.3, 0.4) is 0 Å². The molecule has 3 N–H and O–H groups in total. The van der Waals surface area contributed by atoms with E-state index in [0.717, 1.165) is 11.1 Å². The predicted molar refractivity (Wildman–Crippen MR) is 70.2 cm³/mol. The zero-order chi connectivity index (χ0) is 12.8. The topological polar surface area (TPSA) is 67.5 Å². The molecule has 0 radical (unpaired) electrons. The summed E-state index contributed by atoms with van der Waals surface area (Å²) >= 11 is 6.03. The molecule has 1 rings (SSSR count). The molecule has 17 heavy (non-hydrogen) atoms. The molecule has 0 saturated heterocycles. The van der Waals surface area contributed by atoms with E-state index >= 15 is 0 Å². The van der Waals surface area contributed by atoms with E-state index in [0.29, 0.717) is 11.6 Å². The molecule has 0 aliphatic heterocycles. The van der Waals surface area contributed by atoms with Crippen molar-refractivity contribution in [2.75, 3.05) is 6.54 Å². The number of hydrogen-bond acceptors (Lipinski definition) is 2. The van der Waals surface area contributed by atoms with Gasteiger partial charge in [0, 0.05) is 11.6 Å². The molecule has 5 heteroatoms. The van der Waals surface area contributed by atoms with Crippen molar-refractivity contribution in [1.29, 1.82) is 0 Å². The predicted octanol–water partition coefficient (Wildman–Crippen LogP) is 1.64. The Labute approximate surface area is 106 Å². The fraction of sp³-hybridized carbons (Fsp3) is 0.333. The van der Waals surface area contributed by atoms with Crippen molar-refractivity contribution in [3.63, 3.8) is 0 Å². The van der Waals surface area contributed by atoms with Crippen molar-refractivity contribution < 1.29 is 4.79 Å². The number of aliphatic imine (C=N–C) groups is 1. The summed E-state index contributed by atoms with van der Waals surface area (Å²) in [4.78, 5) is 15.6. The van der Waals surface area contributed by atoms with Crippen LogP contribution in [0.15, 0.2) is 23.2 Å². The SMILES string of the molecule is CCN=C(N)NC(=O)Cc1c(C)cccc1Cl. The summed E-state index contributed by atoms with van der Waals surface area (Å²) in [7, 11) is 0. The summed E-state index contributed by atoms with van der Waals surface area (Å²) in [6.45, 7) is 4.30. The van der Waals surface area contributed by atoms with Gasteiger partial charge < -0.3 is 5.73 Å². The Bertz CT molecular complexity index is 423. The zero-order valence-electron chi connectivity index (χ0n) is 9.96. The van der Waals surface area contributed by atoms with Crippen LogP contribution in [0.2, 0.25) is 5.02 Å². The summed E-state index contributed by atoms with van der Waals surface area (Å²) in [5.74, 6) is -0.0712. The van der Waals surface area contributed by atoms with Crippen LogP contribution in [0.4, 0.5) is 0 Å². The first-order valence-corrected chi connectivity index (χ1v) is 5.76. The molecule has 0 saturated carbocycles. The lowest BCUT2D eigenvalue weighted by molar-refractivity contribution is -0.119. The minimum atomic E-state index is -0.212. The van der Waals surface area contributed by atoms with Gasteiger partial charge in [0.2, 0.25) is 5.91 Å². The van der Waals surface area contributed by atoms with Gasteiger partial charge in [-0.15, -0.1) is 0 Å². The third kappa shape index (κ3) is 4.07. The smallest absolute Gasteiger partial charge is 0.231 e. The molecule has 92 valence electrons. The molecule has 0 aliphatic rings. The highest BCUT2D eigenvalue weighted by Crippen LogP contribution is 2.19. The van der Waals surface area contributed by atoms with Gasteiger partial charge in [0.1, 0.15) is 0 Å². The molecule has 0 heterocycles. The first kappa shape index (κ1) is 13.5. The molecule has 0 bridgehead atoms. The highest BCUT2D eigenvalue weighted by atomic mass is 35.5.